The van der Waals surface area contributed by atoms with E-state index >= 15 is 0 Å². The highest BCUT2D eigenvalue weighted by Gasteiger charge is 2.28. The SMILES string of the molecule is COC(=O)c1cccc(OCC(=O)N[C@H](C)C2CC2)c1. The van der Waals surface area contributed by atoms with Crippen LogP contribution in [0.1, 0.15) is 30.1 Å². The summed E-state index contributed by atoms with van der Waals surface area (Å²) in [5.74, 6) is 0.513. The summed E-state index contributed by atoms with van der Waals surface area (Å²) >= 11 is 0. The van der Waals surface area contributed by atoms with Crippen molar-refractivity contribution < 1.29 is 19.1 Å². The third-order valence-corrected chi connectivity index (χ3v) is 3.34. The summed E-state index contributed by atoms with van der Waals surface area (Å²) in [6.45, 7) is 1.95. The minimum atomic E-state index is -0.428. The normalized spacial score (nSPS) is 15.3. The van der Waals surface area contributed by atoms with Crippen LogP contribution in [0.25, 0.3) is 0 Å². The van der Waals surface area contributed by atoms with Crippen molar-refractivity contribution in [1.82, 2.24) is 5.32 Å². The number of amides is 1. The minimum absolute atomic E-state index is 0.0539. The van der Waals surface area contributed by atoms with Gasteiger partial charge in [0.25, 0.3) is 5.91 Å². The second-order valence-corrected chi connectivity index (χ2v) is 5.00. The van der Waals surface area contributed by atoms with Gasteiger partial charge >= 0.3 is 5.97 Å². The van der Waals surface area contributed by atoms with E-state index in [1.54, 1.807) is 24.3 Å². The number of ether oxygens (including phenoxy) is 2. The lowest BCUT2D eigenvalue weighted by Gasteiger charge is -2.13. The Kier molecular flexibility index (Phi) is 4.61. The Hall–Kier alpha value is -2.04. The van der Waals surface area contributed by atoms with E-state index in [0.717, 1.165) is 0 Å². The van der Waals surface area contributed by atoms with Crippen molar-refractivity contribution >= 4 is 11.9 Å². The van der Waals surface area contributed by atoms with Gasteiger partial charge < -0.3 is 14.8 Å². The number of hydrogen-bond donors (Lipinski definition) is 1. The van der Waals surface area contributed by atoms with Crippen LogP contribution in [0.3, 0.4) is 0 Å². The number of esters is 1. The molecule has 20 heavy (non-hydrogen) atoms. The Bertz CT molecular complexity index is 496. The molecular weight excluding hydrogens is 258 g/mol. The molecule has 1 amide bonds. The molecule has 108 valence electrons. The van der Waals surface area contributed by atoms with Crippen molar-refractivity contribution in [3.63, 3.8) is 0 Å². The second kappa shape index (κ2) is 6.41. The van der Waals surface area contributed by atoms with Gasteiger partial charge in [0.15, 0.2) is 6.61 Å². The Morgan fingerprint density at radius 2 is 2.15 bits per heavy atom. The topological polar surface area (TPSA) is 64.6 Å². The molecule has 1 N–H and O–H groups in total. The van der Waals surface area contributed by atoms with E-state index in [4.69, 9.17) is 4.74 Å². The van der Waals surface area contributed by atoms with E-state index in [2.05, 4.69) is 10.1 Å². The highest BCUT2D eigenvalue weighted by Crippen LogP contribution is 2.32. The Morgan fingerprint density at radius 3 is 2.80 bits per heavy atom. The molecule has 0 heterocycles. The smallest absolute Gasteiger partial charge is 0.337 e. The first kappa shape index (κ1) is 14.4. The van der Waals surface area contributed by atoms with E-state index in [-0.39, 0.29) is 18.6 Å². The third-order valence-electron chi connectivity index (χ3n) is 3.34. The van der Waals surface area contributed by atoms with Crippen LogP contribution in [0.5, 0.6) is 5.75 Å². The highest BCUT2D eigenvalue weighted by atomic mass is 16.5. The summed E-state index contributed by atoms with van der Waals surface area (Å²) in [4.78, 5) is 23.1. The van der Waals surface area contributed by atoms with Crippen molar-refractivity contribution in [3.05, 3.63) is 29.8 Å². The molecule has 1 aromatic rings. The number of benzene rings is 1. The monoisotopic (exact) mass is 277 g/mol. The van der Waals surface area contributed by atoms with Gasteiger partial charge in [-0.25, -0.2) is 4.79 Å². The zero-order valence-electron chi connectivity index (χ0n) is 11.7. The van der Waals surface area contributed by atoms with E-state index in [1.807, 2.05) is 6.92 Å². The molecule has 0 spiro atoms. The number of rotatable bonds is 6. The molecule has 1 aliphatic rings. The quantitative estimate of drug-likeness (QED) is 0.805. The summed E-state index contributed by atoms with van der Waals surface area (Å²) < 4.78 is 10.0. The first-order valence-corrected chi connectivity index (χ1v) is 6.70. The predicted octanol–water partition coefficient (Wildman–Crippen LogP) is 1.77. The van der Waals surface area contributed by atoms with Crippen LogP contribution in [0.15, 0.2) is 24.3 Å². The summed E-state index contributed by atoms with van der Waals surface area (Å²) in [6, 6.07) is 6.78. The minimum Gasteiger partial charge on any atom is -0.484 e. The fourth-order valence-electron chi connectivity index (χ4n) is 1.99. The molecule has 0 aromatic heterocycles. The predicted molar refractivity (Wildman–Crippen MR) is 73.6 cm³/mol. The molecule has 5 heteroatoms. The van der Waals surface area contributed by atoms with Gasteiger partial charge in [0.05, 0.1) is 12.7 Å². The molecule has 5 nitrogen and oxygen atoms in total. The summed E-state index contributed by atoms with van der Waals surface area (Å²) in [7, 11) is 1.32. The van der Waals surface area contributed by atoms with Gasteiger partial charge in [0, 0.05) is 6.04 Å². The Morgan fingerprint density at radius 1 is 1.40 bits per heavy atom. The fourth-order valence-corrected chi connectivity index (χ4v) is 1.99. The molecule has 2 rings (SSSR count). The lowest BCUT2D eigenvalue weighted by Crippen LogP contribution is -2.37. The van der Waals surface area contributed by atoms with Crippen molar-refractivity contribution in [3.8, 4) is 5.75 Å². The zero-order valence-corrected chi connectivity index (χ0v) is 11.7. The van der Waals surface area contributed by atoms with Crippen LogP contribution < -0.4 is 10.1 Å². The van der Waals surface area contributed by atoms with Crippen LogP contribution in [-0.2, 0) is 9.53 Å². The van der Waals surface area contributed by atoms with E-state index in [0.29, 0.717) is 17.2 Å². The van der Waals surface area contributed by atoms with E-state index in [9.17, 15) is 9.59 Å². The van der Waals surface area contributed by atoms with Crippen molar-refractivity contribution in [2.24, 2.45) is 5.92 Å². The molecule has 0 saturated heterocycles. The van der Waals surface area contributed by atoms with Gasteiger partial charge in [-0.3, -0.25) is 4.79 Å². The molecule has 1 aromatic carbocycles. The lowest BCUT2D eigenvalue weighted by atomic mass is 10.2. The van der Waals surface area contributed by atoms with Gasteiger partial charge in [-0.2, -0.15) is 0 Å². The van der Waals surface area contributed by atoms with Gasteiger partial charge in [-0.05, 0) is 43.9 Å². The van der Waals surface area contributed by atoms with Crippen molar-refractivity contribution in [2.75, 3.05) is 13.7 Å². The maximum Gasteiger partial charge on any atom is 0.337 e. The molecule has 0 unspecified atom stereocenters. The Labute approximate surface area is 118 Å². The average Bonchev–Trinajstić information content (AvgIpc) is 3.29. The first-order chi connectivity index (χ1) is 9.60. The lowest BCUT2D eigenvalue weighted by molar-refractivity contribution is -0.123. The van der Waals surface area contributed by atoms with Crippen LogP contribution in [0.2, 0.25) is 0 Å². The summed E-state index contributed by atoms with van der Waals surface area (Å²) in [5, 5.41) is 2.91. The third kappa shape index (κ3) is 3.98. The number of hydrogen-bond acceptors (Lipinski definition) is 4. The molecule has 0 bridgehead atoms. The van der Waals surface area contributed by atoms with Crippen molar-refractivity contribution in [2.45, 2.75) is 25.8 Å². The fraction of sp³-hybridized carbons (Fsp3) is 0.467. The maximum absolute atomic E-state index is 11.7. The number of methoxy groups -OCH3 is 1. The molecule has 1 atom stereocenters. The second-order valence-electron chi connectivity index (χ2n) is 5.00. The summed E-state index contributed by atoms with van der Waals surface area (Å²) in [6.07, 6.45) is 2.37. The zero-order chi connectivity index (χ0) is 14.5. The number of nitrogens with one attached hydrogen (secondary N) is 1. The molecular formula is C15H19NO4. The van der Waals surface area contributed by atoms with Gasteiger partial charge in [0.1, 0.15) is 5.75 Å². The van der Waals surface area contributed by atoms with E-state index in [1.165, 1.54) is 20.0 Å². The number of carbonyl (C=O) groups excluding carboxylic acids is 2. The Balaban J connectivity index is 1.83. The molecule has 0 radical (unpaired) electrons. The van der Waals surface area contributed by atoms with Crippen LogP contribution >= 0.6 is 0 Å². The largest absolute Gasteiger partial charge is 0.484 e. The first-order valence-electron chi connectivity index (χ1n) is 6.70. The standard InChI is InChI=1S/C15H19NO4/c1-10(11-6-7-11)16-14(17)9-20-13-5-3-4-12(8-13)15(18)19-2/h3-5,8,10-11H,6-7,9H2,1-2H3,(H,16,17)/t10-/m1/s1. The van der Waals surface area contributed by atoms with Crippen LogP contribution in [0.4, 0.5) is 0 Å². The molecule has 0 aliphatic heterocycles. The average molecular weight is 277 g/mol. The van der Waals surface area contributed by atoms with Gasteiger partial charge in [-0.1, -0.05) is 6.07 Å². The molecule has 1 aliphatic carbocycles. The van der Waals surface area contributed by atoms with Crippen LogP contribution in [0, 0.1) is 5.92 Å². The molecule has 1 fully saturated rings. The van der Waals surface area contributed by atoms with Crippen molar-refractivity contribution in [1.29, 1.82) is 0 Å². The highest BCUT2D eigenvalue weighted by molar-refractivity contribution is 5.89. The number of carbonyl (C=O) groups is 2. The van der Waals surface area contributed by atoms with E-state index < -0.39 is 5.97 Å². The molecule has 1 saturated carbocycles. The van der Waals surface area contributed by atoms with Gasteiger partial charge in [0.2, 0.25) is 0 Å². The summed E-state index contributed by atoms with van der Waals surface area (Å²) in [5.41, 5.74) is 0.400. The van der Waals surface area contributed by atoms with Crippen LogP contribution in [-0.4, -0.2) is 31.6 Å². The van der Waals surface area contributed by atoms with Gasteiger partial charge in [-0.15, -0.1) is 0 Å². The maximum atomic E-state index is 11.7.